The molecule has 0 amide bonds. The quantitative estimate of drug-likeness (QED) is 0.149. The highest BCUT2D eigenvalue weighted by Gasteiger charge is 2.34. The highest BCUT2D eigenvalue weighted by molar-refractivity contribution is 7.09. The van der Waals surface area contributed by atoms with Crippen molar-refractivity contribution in [3.8, 4) is 0 Å². The molecule has 1 aliphatic heterocycles. The molecule has 29 heavy (non-hydrogen) atoms. The SMILES string of the molecule is CC(C)OC(=O)COC/C=C\C[C@H]1C(Cl)CO[C@@H]1/C=C/C(OP)C1CCCCC1. The van der Waals surface area contributed by atoms with Gasteiger partial charge in [0.1, 0.15) is 6.61 Å². The number of hydrogen-bond acceptors (Lipinski definition) is 5. The monoisotopic (exact) mass is 446 g/mol. The fraction of sp³-hybridized carbons (Fsp3) is 0.773. The van der Waals surface area contributed by atoms with Crippen LogP contribution in [0.1, 0.15) is 52.4 Å². The number of rotatable bonds is 11. The molecule has 0 aromatic rings. The fourth-order valence-electron chi connectivity index (χ4n) is 3.96. The van der Waals surface area contributed by atoms with E-state index in [2.05, 4.69) is 21.6 Å². The molecule has 0 N–H and O–H groups in total. The predicted octanol–water partition coefficient (Wildman–Crippen LogP) is 4.84. The molecule has 1 aliphatic carbocycles. The first-order chi connectivity index (χ1) is 14.0. The second-order valence-corrected chi connectivity index (χ2v) is 8.96. The van der Waals surface area contributed by atoms with Gasteiger partial charge in [0, 0.05) is 15.4 Å². The van der Waals surface area contributed by atoms with Gasteiger partial charge < -0.3 is 18.7 Å². The summed E-state index contributed by atoms with van der Waals surface area (Å²) in [7, 11) is 2.42. The van der Waals surface area contributed by atoms with Crippen molar-refractivity contribution in [3.63, 3.8) is 0 Å². The van der Waals surface area contributed by atoms with Crippen molar-refractivity contribution in [1.82, 2.24) is 0 Å². The highest BCUT2D eigenvalue weighted by Crippen LogP contribution is 2.32. The molecule has 5 atom stereocenters. The number of alkyl halides is 1. The summed E-state index contributed by atoms with van der Waals surface area (Å²) in [4.78, 5) is 11.4. The van der Waals surface area contributed by atoms with Crippen LogP contribution >= 0.6 is 21.1 Å². The first kappa shape index (κ1) is 24.8. The summed E-state index contributed by atoms with van der Waals surface area (Å²) in [6, 6.07) is 0. The van der Waals surface area contributed by atoms with Gasteiger partial charge in [-0.05, 0) is 39.0 Å². The van der Waals surface area contributed by atoms with Crippen LogP contribution in [0, 0.1) is 11.8 Å². The largest absolute Gasteiger partial charge is 0.461 e. The van der Waals surface area contributed by atoms with Crippen LogP contribution in [0.3, 0.4) is 0 Å². The Labute approximate surface area is 182 Å². The molecule has 5 nitrogen and oxygen atoms in total. The van der Waals surface area contributed by atoms with E-state index in [1.807, 2.05) is 26.0 Å². The zero-order chi connectivity index (χ0) is 21.1. The third-order valence-electron chi connectivity index (χ3n) is 5.47. The van der Waals surface area contributed by atoms with Crippen molar-refractivity contribution in [3.05, 3.63) is 24.3 Å². The van der Waals surface area contributed by atoms with Crippen molar-refractivity contribution in [1.29, 1.82) is 0 Å². The van der Waals surface area contributed by atoms with Gasteiger partial charge in [-0.1, -0.05) is 43.6 Å². The Morgan fingerprint density at radius 3 is 2.69 bits per heavy atom. The zero-order valence-corrected chi connectivity index (χ0v) is 19.5. The van der Waals surface area contributed by atoms with Crippen LogP contribution in [0.2, 0.25) is 0 Å². The van der Waals surface area contributed by atoms with Gasteiger partial charge in [0.25, 0.3) is 0 Å². The van der Waals surface area contributed by atoms with Crippen LogP contribution in [0.5, 0.6) is 0 Å². The third-order valence-corrected chi connectivity index (χ3v) is 6.24. The van der Waals surface area contributed by atoms with E-state index in [9.17, 15) is 4.79 Å². The second-order valence-electron chi connectivity index (χ2n) is 8.12. The summed E-state index contributed by atoms with van der Waals surface area (Å²) in [5.74, 6) is 0.461. The molecular formula is C22H36ClO5P. The van der Waals surface area contributed by atoms with E-state index in [4.69, 9.17) is 30.3 Å². The van der Waals surface area contributed by atoms with Gasteiger partial charge >= 0.3 is 5.97 Å². The second kappa shape index (κ2) is 13.8. The average molecular weight is 447 g/mol. The highest BCUT2D eigenvalue weighted by atomic mass is 35.5. The molecule has 0 bridgehead atoms. The van der Waals surface area contributed by atoms with Crippen LogP contribution < -0.4 is 0 Å². The lowest BCUT2D eigenvalue weighted by molar-refractivity contribution is -0.152. The van der Waals surface area contributed by atoms with Crippen LogP contribution in [0.4, 0.5) is 0 Å². The molecular weight excluding hydrogens is 411 g/mol. The normalized spacial score (nSPS) is 27.3. The Morgan fingerprint density at radius 1 is 1.24 bits per heavy atom. The molecule has 1 saturated carbocycles. The standard InChI is InChI=1S/C22H36ClO5P/c1-16(2)27-22(24)15-25-13-7-6-10-18-19(23)14-26-21(18)12-11-20(28-29)17-8-4-3-5-9-17/h6-7,11-12,16-21H,3-5,8-10,13-15,29H2,1-2H3/b7-6-,12-11+/t18-,19?,20?,21+/m0/s1. The number of halogens is 1. The van der Waals surface area contributed by atoms with Crippen molar-refractivity contribution >= 4 is 27.0 Å². The topological polar surface area (TPSA) is 54.0 Å². The van der Waals surface area contributed by atoms with Gasteiger partial charge in [0.15, 0.2) is 0 Å². The summed E-state index contributed by atoms with van der Waals surface area (Å²) >= 11 is 6.48. The van der Waals surface area contributed by atoms with E-state index in [0.29, 0.717) is 19.1 Å². The van der Waals surface area contributed by atoms with Crippen LogP contribution in [0.15, 0.2) is 24.3 Å². The minimum absolute atomic E-state index is 0.00433. The molecule has 1 saturated heterocycles. The Morgan fingerprint density at radius 2 is 2.00 bits per heavy atom. The molecule has 0 spiro atoms. The molecule has 2 aliphatic rings. The Bertz CT molecular complexity index is 533. The van der Waals surface area contributed by atoms with E-state index in [1.165, 1.54) is 32.1 Å². The summed E-state index contributed by atoms with van der Waals surface area (Å²) < 4.78 is 21.9. The predicted molar refractivity (Wildman–Crippen MR) is 119 cm³/mol. The molecule has 0 aromatic heterocycles. The van der Waals surface area contributed by atoms with Crippen LogP contribution in [0.25, 0.3) is 0 Å². The number of allylic oxidation sites excluding steroid dienone is 1. The molecule has 0 aromatic carbocycles. The number of carbonyl (C=O) groups excluding carboxylic acids is 1. The summed E-state index contributed by atoms with van der Waals surface area (Å²) in [5, 5.41) is -0.0127. The summed E-state index contributed by atoms with van der Waals surface area (Å²) in [5.41, 5.74) is 0. The van der Waals surface area contributed by atoms with Gasteiger partial charge in [-0.15, -0.1) is 11.6 Å². The first-order valence-corrected chi connectivity index (χ1v) is 11.6. The van der Waals surface area contributed by atoms with Gasteiger partial charge in [-0.25, -0.2) is 4.79 Å². The minimum atomic E-state index is -0.340. The molecule has 0 radical (unpaired) electrons. The Balaban J connectivity index is 1.75. The van der Waals surface area contributed by atoms with E-state index in [-0.39, 0.29) is 42.2 Å². The average Bonchev–Trinajstić information content (AvgIpc) is 3.05. The zero-order valence-electron chi connectivity index (χ0n) is 17.6. The van der Waals surface area contributed by atoms with Gasteiger partial charge in [-0.3, -0.25) is 0 Å². The van der Waals surface area contributed by atoms with Crippen molar-refractivity contribution < 1.29 is 23.5 Å². The maximum absolute atomic E-state index is 11.4. The number of carbonyl (C=O) groups is 1. The number of hydrogen-bond donors (Lipinski definition) is 0. The van der Waals surface area contributed by atoms with Crippen molar-refractivity contribution in [2.75, 3.05) is 19.8 Å². The van der Waals surface area contributed by atoms with Crippen LogP contribution in [-0.2, 0) is 23.5 Å². The van der Waals surface area contributed by atoms with E-state index in [1.54, 1.807) is 0 Å². The molecule has 2 fully saturated rings. The lowest BCUT2D eigenvalue weighted by Gasteiger charge is -2.27. The fourth-order valence-corrected chi connectivity index (χ4v) is 4.59. The van der Waals surface area contributed by atoms with Crippen molar-refractivity contribution in [2.45, 2.75) is 76.1 Å². The summed E-state index contributed by atoms with van der Waals surface area (Å²) in [6.07, 6.45) is 15.4. The Kier molecular flexibility index (Phi) is 11.8. The maximum atomic E-state index is 11.4. The number of esters is 1. The van der Waals surface area contributed by atoms with E-state index in [0.717, 1.165) is 6.42 Å². The van der Waals surface area contributed by atoms with Gasteiger partial charge in [0.05, 0.1) is 36.9 Å². The minimum Gasteiger partial charge on any atom is -0.461 e. The van der Waals surface area contributed by atoms with Crippen LogP contribution in [-0.4, -0.2) is 49.5 Å². The molecule has 7 heteroatoms. The molecule has 3 unspecified atom stereocenters. The maximum Gasteiger partial charge on any atom is 0.332 e. The molecule has 166 valence electrons. The third kappa shape index (κ3) is 9.06. The van der Waals surface area contributed by atoms with E-state index >= 15 is 0 Å². The van der Waals surface area contributed by atoms with E-state index < -0.39 is 0 Å². The molecule has 1 heterocycles. The summed E-state index contributed by atoms with van der Waals surface area (Å²) in [6.45, 7) is 4.53. The first-order valence-electron chi connectivity index (χ1n) is 10.7. The lowest BCUT2D eigenvalue weighted by Crippen LogP contribution is -2.23. The van der Waals surface area contributed by atoms with Gasteiger partial charge in [-0.2, -0.15) is 0 Å². The Hall–Kier alpha value is -0.450. The lowest BCUT2D eigenvalue weighted by atomic mass is 9.85. The van der Waals surface area contributed by atoms with Crippen molar-refractivity contribution in [2.24, 2.45) is 11.8 Å². The molecule has 2 rings (SSSR count). The van der Waals surface area contributed by atoms with Gasteiger partial charge in [0.2, 0.25) is 0 Å². The number of ether oxygens (including phenoxy) is 3. The smallest absolute Gasteiger partial charge is 0.332 e.